The molecule has 0 aliphatic carbocycles. The number of aliphatic imine (C=N–C) groups is 1. The van der Waals surface area contributed by atoms with Crippen molar-refractivity contribution in [3.63, 3.8) is 0 Å². The lowest BCUT2D eigenvalue weighted by atomic mass is 10.1. The molecule has 1 saturated heterocycles. The summed E-state index contributed by atoms with van der Waals surface area (Å²) in [7, 11) is 1.84. The fourth-order valence-electron chi connectivity index (χ4n) is 2.65. The Hall–Kier alpha value is -1.42. The summed E-state index contributed by atoms with van der Waals surface area (Å²) in [5.41, 5.74) is 2.19. The normalized spacial score (nSPS) is 25.2. The van der Waals surface area contributed by atoms with Gasteiger partial charge >= 0.3 is 0 Å². The molecule has 0 saturated carbocycles. The number of nitrogens with zero attached hydrogens (tertiary/aromatic N) is 2. The summed E-state index contributed by atoms with van der Waals surface area (Å²) in [6.45, 7) is 1.04. The summed E-state index contributed by atoms with van der Waals surface area (Å²) >= 11 is 5.62. The minimum atomic E-state index is 0.333. The molecule has 1 unspecified atom stereocenters. The average molecular weight is 245 g/mol. The number of nitrogens with one attached hydrogen (secondary N) is 1. The van der Waals surface area contributed by atoms with Gasteiger partial charge in [0.1, 0.15) is 10.8 Å². The number of benzene rings is 1. The quantitative estimate of drug-likeness (QED) is 0.711. The van der Waals surface area contributed by atoms with Crippen LogP contribution in [0.4, 0.5) is 5.69 Å². The summed E-state index contributed by atoms with van der Waals surface area (Å²) in [6.07, 6.45) is 2.32. The summed E-state index contributed by atoms with van der Waals surface area (Å²) in [5, 5.41) is 3.43. The lowest BCUT2D eigenvalue weighted by Crippen LogP contribution is -2.40. The molecule has 1 aromatic rings. The molecule has 0 radical (unpaired) electrons. The summed E-state index contributed by atoms with van der Waals surface area (Å²) in [6, 6.07) is 8.54. The van der Waals surface area contributed by atoms with Crippen LogP contribution >= 0.6 is 12.2 Å². The van der Waals surface area contributed by atoms with E-state index in [1.54, 1.807) is 0 Å². The van der Waals surface area contributed by atoms with Gasteiger partial charge in [0.25, 0.3) is 0 Å². The first kappa shape index (κ1) is 10.7. The molecule has 2 aliphatic heterocycles. The maximum absolute atomic E-state index is 5.62. The molecule has 0 amide bonds. The monoisotopic (exact) mass is 245 g/mol. The lowest BCUT2D eigenvalue weighted by molar-refractivity contribution is 0.477. The van der Waals surface area contributed by atoms with Crippen molar-refractivity contribution in [3.05, 3.63) is 29.8 Å². The van der Waals surface area contributed by atoms with Crippen LogP contribution in [-0.4, -0.2) is 35.4 Å². The fourth-order valence-corrected chi connectivity index (χ4v) is 3.05. The maximum atomic E-state index is 5.62. The van der Waals surface area contributed by atoms with E-state index >= 15 is 0 Å². The van der Waals surface area contributed by atoms with E-state index < -0.39 is 0 Å². The van der Waals surface area contributed by atoms with Gasteiger partial charge in [0.05, 0.1) is 6.04 Å². The third-order valence-electron chi connectivity index (χ3n) is 3.49. The van der Waals surface area contributed by atoms with Gasteiger partial charge in [-0.2, -0.15) is 0 Å². The van der Waals surface area contributed by atoms with E-state index in [0.29, 0.717) is 6.04 Å². The zero-order valence-electron chi connectivity index (χ0n) is 9.81. The van der Waals surface area contributed by atoms with Crippen molar-refractivity contribution >= 4 is 28.7 Å². The van der Waals surface area contributed by atoms with Crippen molar-refractivity contribution < 1.29 is 0 Å². The number of fused-ring (bicyclic) bond motifs is 2. The highest BCUT2D eigenvalue weighted by Gasteiger charge is 2.34. The molecular weight excluding hydrogens is 230 g/mol. The van der Waals surface area contributed by atoms with E-state index in [0.717, 1.165) is 35.0 Å². The van der Waals surface area contributed by atoms with Gasteiger partial charge in [-0.1, -0.05) is 24.4 Å². The molecule has 0 bridgehead atoms. The second-order valence-corrected chi connectivity index (χ2v) is 4.82. The number of amidine groups is 1. The predicted octanol–water partition coefficient (Wildman–Crippen LogP) is 2.28. The van der Waals surface area contributed by atoms with Crippen molar-refractivity contribution in [2.24, 2.45) is 4.99 Å². The smallest absolute Gasteiger partial charge is 0.123 e. The Morgan fingerprint density at radius 1 is 1.41 bits per heavy atom. The number of hydrogen-bond acceptors (Lipinski definition) is 2. The van der Waals surface area contributed by atoms with Gasteiger partial charge in [0, 0.05) is 24.8 Å². The Labute approximate surface area is 107 Å². The van der Waals surface area contributed by atoms with Gasteiger partial charge in [-0.05, 0) is 25.0 Å². The SMILES string of the molecule is CN=C1Nc2ccccc2C(=S)N2CCCC12. The Kier molecular flexibility index (Phi) is 2.59. The topological polar surface area (TPSA) is 27.6 Å². The van der Waals surface area contributed by atoms with Crippen LogP contribution in [0.5, 0.6) is 0 Å². The van der Waals surface area contributed by atoms with Crippen LogP contribution in [0.1, 0.15) is 18.4 Å². The third kappa shape index (κ3) is 1.63. The van der Waals surface area contributed by atoms with E-state index in [1.807, 2.05) is 19.2 Å². The van der Waals surface area contributed by atoms with E-state index in [2.05, 4.69) is 27.3 Å². The molecular formula is C13H15N3S. The Bertz CT molecular complexity index is 495. The molecule has 2 aliphatic rings. The van der Waals surface area contributed by atoms with Gasteiger partial charge < -0.3 is 10.2 Å². The first-order chi connectivity index (χ1) is 8.31. The molecule has 3 nitrogen and oxygen atoms in total. The molecule has 3 rings (SSSR count). The highest BCUT2D eigenvalue weighted by Crippen LogP contribution is 2.29. The fraction of sp³-hybridized carbons (Fsp3) is 0.385. The first-order valence-electron chi connectivity index (χ1n) is 5.95. The Morgan fingerprint density at radius 3 is 3.06 bits per heavy atom. The highest BCUT2D eigenvalue weighted by molar-refractivity contribution is 7.80. The minimum absolute atomic E-state index is 0.333. The van der Waals surface area contributed by atoms with Crippen LogP contribution in [0.2, 0.25) is 0 Å². The maximum Gasteiger partial charge on any atom is 0.123 e. The van der Waals surface area contributed by atoms with Crippen LogP contribution in [0, 0.1) is 0 Å². The molecule has 4 heteroatoms. The van der Waals surface area contributed by atoms with E-state index in [4.69, 9.17) is 12.2 Å². The van der Waals surface area contributed by atoms with Gasteiger partial charge in [0.2, 0.25) is 0 Å². The van der Waals surface area contributed by atoms with Gasteiger partial charge in [-0.25, -0.2) is 0 Å². The highest BCUT2D eigenvalue weighted by atomic mass is 32.1. The zero-order chi connectivity index (χ0) is 11.8. The van der Waals surface area contributed by atoms with Crippen LogP contribution in [-0.2, 0) is 0 Å². The number of para-hydroxylation sites is 1. The van der Waals surface area contributed by atoms with Crippen LogP contribution < -0.4 is 5.32 Å². The molecule has 2 heterocycles. The second kappa shape index (κ2) is 4.11. The molecule has 17 heavy (non-hydrogen) atoms. The predicted molar refractivity (Wildman–Crippen MR) is 74.9 cm³/mol. The second-order valence-electron chi connectivity index (χ2n) is 4.44. The van der Waals surface area contributed by atoms with Crippen molar-refractivity contribution in [1.82, 2.24) is 4.90 Å². The molecule has 1 fully saturated rings. The Balaban J connectivity index is 2.13. The first-order valence-corrected chi connectivity index (χ1v) is 6.36. The van der Waals surface area contributed by atoms with E-state index in [1.165, 1.54) is 6.42 Å². The van der Waals surface area contributed by atoms with E-state index in [9.17, 15) is 0 Å². The molecule has 1 aromatic carbocycles. The van der Waals surface area contributed by atoms with Crippen LogP contribution in [0.3, 0.4) is 0 Å². The van der Waals surface area contributed by atoms with Gasteiger partial charge in [-0.15, -0.1) is 0 Å². The zero-order valence-corrected chi connectivity index (χ0v) is 10.6. The Morgan fingerprint density at radius 2 is 2.24 bits per heavy atom. The molecule has 0 spiro atoms. The van der Waals surface area contributed by atoms with Gasteiger partial charge in [-0.3, -0.25) is 4.99 Å². The summed E-state index contributed by atoms with van der Waals surface area (Å²) in [4.78, 5) is 7.64. The average Bonchev–Trinajstić information content (AvgIpc) is 2.81. The number of hydrogen-bond donors (Lipinski definition) is 1. The molecule has 88 valence electrons. The lowest BCUT2D eigenvalue weighted by Gasteiger charge is -2.24. The number of anilines is 1. The van der Waals surface area contributed by atoms with Crippen LogP contribution in [0.25, 0.3) is 0 Å². The molecule has 1 N–H and O–H groups in total. The van der Waals surface area contributed by atoms with E-state index in [-0.39, 0.29) is 0 Å². The third-order valence-corrected chi connectivity index (χ3v) is 3.94. The van der Waals surface area contributed by atoms with Gasteiger partial charge in [0.15, 0.2) is 0 Å². The van der Waals surface area contributed by atoms with Crippen molar-refractivity contribution in [3.8, 4) is 0 Å². The molecule has 1 atom stereocenters. The minimum Gasteiger partial charge on any atom is -0.352 e. The standard InChI is InChI=1S/C13H15N3S/c1-14-12-11-7-4-8-16(11)13(17)9-5-2-3-6-10(9)15-12/h2-3,5-6,11H,4,7-8H2,1H3,(H,14,15). The van der Waals surface area contributed by atoms with Crippen molar-refractivity contribution in [1.29, 1.82) is 0 Å². The van der Waals surface area contributed by atoms with Crippen molar-refractivity contribution in [2.75, 3.05) is 18.9 Å². The number of thiocarbonyl (C=S) groups is 1. The van der Waals surface area contributed by atoms with Crippen LogP contribution in [0.15, 0.2) is 29.3 Å². The summed E-state index contributed by atoms with van der Waals surface area (Å²) < 4.78 is 0. The largest absolute Gasteiger partial charge is 0.352 e. The molecule has 0 aromatic heterocycles. The summed E-state index contributed by atoms with van der Waals surface area (Å²) in [5.74, 6) is 1.04. The van der Waals surface area contributed by atoms with Crippen molar-refractivity contribution in [2.45, 2.75) is 18.9 Å². The number of rotatable bonds is 0.